The summed E-state index contributed by atoms with van der Waals surface area (Å²) in [5, 5.41) is 24.0. The minimum absolute atomic E-state index is 0.0311. The first-order chi connectivity index (χ1) is 28.4. The van der Waals surface area contributed by atoms with Gasteiger partial charge >= 0.3 is 0 Å². The molecule has 58 heavy (non-hydrogen) atoms. The number of hydrogen-bond donors (Lipinski definition) is 4. The minimum atomic E-state index is -0.236. The van der Waals surface area contributed by atoms with Gasteiger partial charge in [0.1, 0.15) is 11.4 Å². The molecule has 0 saturated heterocycles. The number of hydrogen-bond acceptors (Lipinski definition) is 11. The summed E-state index contributed by atoms with van der Waals surface area (Å²) < 4.78 is 22.1. The van der Waals surface area contributed by atoms with Crippen LogP contribution in [0.2, 0.25) is 0 Å². The van der Waals surface area contributed by atoms with Gasteiger partial charge in [-0.25, -0.2) is 0 Å². The standard InChI is InChI=1S/C44H52N6O8/c45-20-17-33-9-16-39(41(51)31-33)49-48-38-14-12-36(13-15-38)44(54)47-22-24-56-26-28-58-30-29-57-27-25-55-23-19-42(52)46-21-18-43(53)50-32-37-7-2-1-5-34(37)10-11-35-6-3-4-8-40(35)50/h1-16,31,51H,17-30,32,45H2,(H,46,52)(H,47,54)/b11-10-,49-48?. The van der Waals surface area contributed by atoms with Crippen molar-refractivity contribution < 1.29 is 38.4 Å². The molecular weight excluding hydrogens is 741 g/mol. The number of benzene rings is 4. The van der Waals surface area contributed by atoms with E-state index in [1.165, 1.54) is 0 Å². The predicted molar refractivity (Wildman–Crippen MR) is 222 cm³/mol. The summed E-state index contributed by atoms with van der Waals surface area (Å²) in [4.78, 5) is 39.9. The van der Waals surface area contributed by atoms with E-state index in [0.717, 1.165) is 27.9 Å². The fraction of sp³-hybridized carbons (Fsp3) is 0.341. The Morgan fingerprint density at radius 3 is 2.07 bits per heavy atom. The molecule has 4 aromatic carbocycles. The Labute approximate surface area is 339 Å². The topological polar surface area (TPSA) is 186 Å². The van der Waals surface area contributed by atoms with Crippen LogP contribution in [-0.2, 0) is 41.5 Å². The lowest BCUT2D eigenvalue weighted by Gasteiger charge is -2.27. The van der Waals surface area contributed by atoms with Crippen molar-refractivity contribution in [2.75, 3.05) is 77.4 Å². The van der Waals surface area contributed by atoms with Crippen molar-refractivity contribution in [3.8, 4) is 5.75 Å². The molecular formula is C44H52N6O8. The van der Waals surface area contributed by atoms with E-state index in [-0.39, 0.29) is 49.5 Å². The average molecular weight is 793 g/mol. The molecule has 1 aliphatic heterocycles. The van der Waals surface area contributed by atoms with E-state index in [1.54, 1.807) is 41.3 Å². The zero-order chi connectivity index (χ0) is 40.8. The zero-order valence-electron chi connectivity index (χ0n) is 32.6. The Hall–Kier alpha value is -5.77. The minimum Gasteiger partial charge on any atom is -0.506 e. The number of phenols is 1. The number of aromatic hydroxyl groups is 1. The number of ether oxygens (including phenoxy) is 4. The van der Waals surface area contributed by atoms with Crippen LogP contribution in [0.4, 0.5) is 17.1 Å². The Morgan fingerprint density at radius 2 is 1.34 bits per heavy atom. The predicted octanol–water partition coefficient (Wildman–Crippen LogP) is 5.72. The zero-order valence-corrected chi connectivity index (χ0v) is 32.6. The second-order valence-corrected chi connectivity index (χ2v) is 13.2. The number of nitrogens with one attached hydrogen (secondary N) is 2. The van der Waals surface area contributed by atoms with E-state index in [2.05, 4.69) is 26.9 Å². The number of nitrogens with two attached hydrogens (primary N) is 1. The van der Waals surface area contributed by atoms with Crippen LogP contribution in [0.3, 0.4) is 0 Å². The molecule has 0 unspecified atom stereocenters. The molecule has 0 atom stereocenters. The number of anilines is 1. The molecule has 14 nitrogen and oxygen atoms in total. The number of rotatable bonds is 23. The van der Waals surface area contributed by atoms with Crippen molar-refractivity contribution in [1.82, 2.24) is 10.6 Å². The molecule has 0 saturated carbocycles. The summed E-state index contributed by atoms with van der Waals surface area (Å²) in [6.45, 7) is 4.37. The maximum absolute atomic E-state index is 13.3. The van der Waals surface area contributed by atoms with E-state index >= 15 is 0 Å². The van der Waals surface area contributed by atoms with Crippen molar-refractivity contribution in [1.29, 1.82) is 0 Å². The molecule has 0 aromatic heterocycles. The maximum Gasteiger partial charge on any atom is 0.251 e. The molecule has 306 valence electrons. The lowest BCUT2D eigenvalue weighted by atomic mass is 10.0. The average Bonchev–Trinajstić information content (AvgIpc) is 3.23. The molecule has 0 radical (unpaired) electrons. The van der Waals surface area contributed by atoms with Crippen molar-refractivity contribution in [2.24, 2.45) is 16.0 Å². The lowest BCUT2D eigenvalue weighted by molar-refractivity contribution is -0.122. The number of azo groups is 1. The normalized spacial score (nSPS) is 12.7. The number of fused-ring (bicyclic) bond motifs is 2. The molecule has 0 bridgehead atoms. The largest absolute Gasteiger partial charge is 0.506 e. The van der Waals surface area contributed by atoms with Gasteiger partial charge in [-0.3, -0.25) is 14.4 Å². The van der Waals surface area contributed by atoms with Crippen molar-refractivity contribution in [3.05, 3.63) is 119 Å². The first kappa shape index (κ1) is 43.4. The van der Waals surface area contributed by atoms with Gasteiger partial charge in [0.2, 0.25) is 11.8 Å². The molecule has 3 amide bonds. The monoisotopic (exact) mass is 792 g/mol. The highest BCUT2D eigenvalue weighted by Gasteiger charge is 2.21. The Kier molecular flexibility index (Phi) is 18.0. The van der Waals surface area contributed by atoms with Crippen molar-refractivity contribution >= 4 is 46.9 Å². The molecule has 5 N–H and O–H groups in total. The third kappa shape index (κ3) is 14.3. The molecule has 1 aliphatic rings. The Balaban J connectivity index is 0.825. The number of phenolic OH excluding ortho intramolecular Hbond substituents is 1. The third-order valence-corrected chi connectivity index (χ3v) is 9.01. The fourth-order valence-electron chi connectivity index (χ4n) is 5.94. The SMILES string of the molecule is NCCc1ccc(N=Nc2ccc(C(=O)NCCOCCOCCOCCOCCC(=O)NCCC(=O)N3Cc4ccccc4/C=C\c4ccccc43)cc2)c(O)c1. The van der Waals surface area contributed by atoms with Crippen LogP contribution in [0.5, 0.6) is 5.75 Å². The number of carbonyl (C=O) groups excluding carboxylic acids is 3. The van der Waals surface area contributed by atoms with E-state index in [0.29, 0.717) is 89.2 Å². The van der Waals surface area contributed by atoms with E-state index in [9.17, 15) is 19.5 Å². The van der Waals surface area contributed by atoms with Gasteiger partial charge in [-0.15, -0.1) is 5.11 Å². The van der Waals surface area contributed by atoms with Gasteiger partial charge in [0.15, 0.2) is 0 Å². The number of para-hydroxylation sites is 1. The van der Waals surface area contributed by atoms with Crippen LogP contribution in [0.25, 0.3) is 12.2 Å². The van der Waals surface area contributed by atoms with Gasteiger partial charge in [-0.05, 0) is 77.7 Å². The number of amides is 3. The fourth-order valence-corrected chi connectivity index (χ4v) is 5.94. The molecule has 0 aliphatic carbocycles. The molecule has 5 rings (SSSR count). The molecule has 0 spiro atoms. The molecule has 4 aromatic rings. The van der Waals surface area contributed by atoms with Gasteiger partial charge in [-0.1, -0.05) is 60.7 Å². The van der Waals surface area contributed by atoms with Crippen molar-refractivity contribution in [2.45, 2.75) is 25.8 Å². The maximum atomic E-state index is 13.3. The van der Waals surface area contributed by atoms with Gasteiger partial charge in [-0.2, -0.15) is 5.11 Å². The van der Waals surface area contributed by atoms with Crippen LogP contribution >= 0.6 is 0 Å². The number of carbonyl (C=O) groups is 3. The smallest absolute Gasteiger partial charge is 0.251 e. The number of nitrogens with zero attached hydrogens (tertiary/aromatic N) is 3. The van der Waals surface area contributed by atoms with Crippen molar-refractivity contribution in [3.63, 3.8) is 0 Å². The van der Waals surface area contributed by atoms with Crippen LogP contribution in [-0.4, -0.2) is 95.3 Å². The van der Waals surface area contributed by atoms with Gasteiger partial charge in [0, 0.05) is 31.5 Å². The summed E-state index contributed by atoms with van der Waals surface area (Å²) >= 11 is 0. The molecule has 0 fully saturated rings. The first-order valence-electron chi connectivity index (χ1n) is 19.5. The van der Waals surface area contributed by atoms with Crippen LogP contribution in [0.15, 0.2) is 101 Å². The summed E-state index contributed by atoms with van der Waals surface area (Å²) in [6.07, 6.45) is 5.14. The van der Waals surface area contributed by atoms with Crippen LogP contribution in [0, 0.1) is 0 Å². The van der Waals surface area contributed by atoms with Crippen LogP contribution < -0.4 is 21.3 Å². The van der Waals surface area contributed by atoms with E-state index in [4.69, 9.17) is 24.7 Å². The summed E-state index contributed by atoms with van der Waals surface area (Å²) in [5.41, 5.74) is 11.8. The Morgan fingerprint density at radius 1 is 0.690 bits per heavy atom. The Bertz CT molecular complexity index is 1990. The molecule has 1 heterocycles. The quantitative estimate of drug-likeness (QED) is 0.0539. The van der Waals surface area contributed by atoms with Gasteiger partial charge < -0.3 is 45.3 Å². The first-order valence-corrected chi connectivity index (χ1v) is 19.5. The summed E-state index contributed by atoms with van der Waals surface area (Å²) in [6, 6.07) is 27.7. The molecule has 14 heteroatoms. The van der Waals surface area contributed by atoms with Gasteiger partial charge in [0.05, 0.1) is 70.8 Å². The lowest BCUT2D eigenvalue weighted by Crippen LogP contribution is -2.35. The third-order valence-electron chi connectivity index (χ3n) is 9.01. The van der Waals surface area contributed by atoms with E-state index < -0.39 is 0 Å². The highest BCUT2D eigenvalue weighted by atomic mass is 16.6. The highest BCUT2D eigenvalue weighted by molar-refractivity contribution is 5.97. The summed E-state index contributed by atoms with van der Waals surface area (Å²) in [5.74, 6) is -0.442. The van der Waals surface area contributed by atoms with Crippen LogP contribution in [0.1, 0.15) is 45.5 Å². The summed E-state index contributed by atoms with van der Waals surface area (Å²) in [7, 11) is 0. The van der Waals surface area contributed by atoms with Gasteiger partial charge in [0.25, 0.3) is 5.91 Å². The second kappa shape index (κ2) is 24.1. The van der Waals surface area contributed by atoms with E-state index in [1.807, 2.05) is 60.7 Å². The second-order valence-electron chi connectivity index (χ2n) is 13.2. The highest BCUT2D eigenvalue weighted by Crippen LogP contribution is 2.30.